The van der Waals surface area contributed by atoms with Crippen LogP contribution in [0.1, 0.15) is 22.8 Å². The van der Waals surface area contributed by atoms with Crippen LogP contribution in [0, 0.1) is 0 Å². The quantitative estimate of drug-likeness (QED) is 0.902. The van der Waals surface area contributed by atoms with Crippen molar-refractivity contribution in [2.75, 3.05) is 19.7 Å². The third-order valence-electron chi connectivity index (χ3n) is 4.31. The van der Waals surface area contributed by atoms with Crippen LogP contribution in [0.3, 0.4) is 0 Å². The van der Waals surface area contributed by atoms with Crippen LogP contribution in [0.5, 0.6) is 0 Å². The summed E-state index contributed by atoms with van der Waals surface area (Å²) in [4.78, 5) is 14.6. The van der Waals surface area contributed by atoms with E-state index in [1.54, 1.807) is 24.1 Å². The molecule has 2 aromatic rings. The van der Waals surface area contributed by atoms with E-state index in [0.717, 1.165) is 19.6 Å². The van der Waals surface area contributed by atoms with Crippen LogP contribution in [-0.2, 0) is 18.3 Å². The SMILES string of the molecule is CC(NC(=O)c1cnn(C)c1)C1CN(Cc2ccccc2)CCO1. The lowest BCUT2D eigenvalue weighted by Gasteiger charge is -2.36. The first kappa shape index (κ1) is 16.7. The number of hydrogen-bond acceptors (Lipinski definition) is 4. The molecule has 0 bridgehead atoms. The Kier molecular flexibility index (Phi) is 5.27. The molecule has 2 heterocycles. The van der Waals surface area contributed by atoms with Gasteiger partial charge in [-0.15, -0.1) is 0 Å². The van der Waals surface area contributed by atoms with Crippen molar-refractivity contribution < 1.29 is 9.53 Å². The molecule has 1 aromatic carbocycles. The largest absolute Gasteiger partial charge is 0.373 e. The summed E-state index contributed by atoms with van der Waals surface area (Å²) in [6.45, 7) is 5.30. The zero-order valence-electron chi connectivity index (χ0n) is 14.2. The van der Waals surface area contributed by atoms with Gasteiger partial charge in [-0.3, -0.25) is 14.4 Å². The number of benzene rings is 1. The fraction of sp³-hybridized carbons (Fsp3) is 0.444. The van der Waals surface area contributed by atoms with Gasteiger partial charge in [0.05, 0.1) is 30.5 Å². The first-order chi connectivity index (χ1) is 11.6. The summed E-state index contributed by atoms with van der Waals surface area (Å²) in [5, 5.41) is 7.05. The van der Waals surface area contributed by atoms with Crippen LogP contribution in [0.2, 0.25) is 0 Å². The number of carbonyl (C=O) groups excluding carboxylic acids is 1. The van der Waals surface area contributed by atoms with Gasteiger partial charge >= 0.3 is 0 Å². The lowest BCUT2D eigenvalue weighted by atomic mass is 10.1. The van der Waals surface area contributed by atoms with Gasteiger partial charge in [-0.2, -0.15) is 5.10 Å². The molecule has 0 saturated carbocycles. The fourth-order valence-corrected chi connectivity index (χ4v) is 2.94. The molecule has 1 fully saturated rings. The molecule has 0 radical (unpaired) electrons. The minimum atomic E-state index is -0.112. The summed E-state index contributed by atoms with van der Waals surface area (Å²) in [5.41, 5.74) is 1.87. The Hall–Kier alpha value is -2.18. The lowest BCUT2D eigenvalue weighted by Crippen LogP contribution is -2.52. The number of aromatic nitrogens is 2. The molecule has 1 aromatic heterocycles. The van der Waals surface area contributed by atoms with Crippen LogP contribution in [-0.4, -0.2) is 52.4 Å². The molecule has 6 nitrogen and oxygen atoms in total. The van der Waals surface area contributed by atoms with Crippen LogP contribution >= 0.6 is 0 Å². The van der Waals surface area contributed by atoms with E-state index in [9.17, 15) is 4.79 Å². The topological polar surface area (TPSA) is 59.4 Å². The zero-order valence-corrected chi connectivity index (χ0v) is 14.2. The lowest BCUT2D eigenvalue weighted by molar-refractivity contribution is -0.0449. The van der Waals surface area contributed by atoms with Crippen molar-refractivity contribution in [1.29, 1.82) is 0 Å². The Bertz CT molecular complexity index is 671. The van der Waals surface area contributed by atoms with E-state index in [2.05, 4.69) is 39.6 Å². The maximum Gasteiger partial charge on any atom is 0.254 e. The molecule has 0 spiro atoms. The number of nitrogens with zero attached hydrogens (tertiary/aromatic N) is 3. The van der Waals surface area contributed by atoms with Gasteiger partial charge in [-0.25, -0.2) is 0 Å². The van der Waals surface area contributed by atoms with Gasteiger partial charge in [0.15, 0.2) is 0 Å². The van der Waals surface area contributed by atoms with Crippen LogP contribution in [0.4, 0.5) is 0 Å². The normalized spacial score (nSPS) is 19.8. The molecule has 128 valence electrons. The second kappa shape index (κ2) is 7.59. The average molecular weight is 328 g/mol. The third-order valence-corrected chi connectivity index (χ3v) is 4.31. The monoisotopic (exact) mass is 328 g/mol. The first-order valence-corrected chi connectivity index (χ1v) is 8.29. The van der Waals surface area contributed by atoms with Crippen molar-refractivity contribution in [3.05, 3.63) is 53.9 Å². The molecule has 24 heavy (non-hydrogen) atoms. The number of amides is 1. The molecule has 1 aliphatic heterocycles. The van der Waals surface area contributed by atoms with Crippen molar-refractivity contribution in [3.63, 3.8) is 0 Å². The molecular weight excluding hydrogens is 304 g/mol. The second-order valence-electron chi connectivity index (χ2n) is 6.29. The van der Waals surface area contributed by atoms with E-state index >= 15 is 0 Å². The van der Waals surface area contributed by atoms with Crippen LogP contribution in [0.25, 0.3) is 0 Å². The molecule has 1 N–H and O–H groups in total. The maximum atomic E-state index is 12.3. The van der Waals surface area contributed by atoms with Gasteiger partial charge in [0.25, 0.3) is 5.91 Å². The molecule has 2 unspecified atom stereocenters. The third kappa shape index (κ3) is 4.21. The highest BCUT2D eigenvalue weighted by molar-refractivity contribution is 5.93. The smallest absolute Gasteiger partial charge is 0.254 e. The highest BCUT2D eigenvalue weighted by Gasteiger charge is 2.27. The fourth-order valence-electron chi connectivity index (χ4n) is 2.94. The van der Waals surface area contributed by atoms with Crippen LogP contribution in [0.15, 0.2) is 42.7 Å². The highest BCUT2D eigenvalue weighted by atomic mass is 16.5. The highest BCUT2D eigenvalue weighted by Crippen LogP contribution is 2.13. The van der Waals surface area contributed by atoms with E-state index in [1.165, 1.54) is 5.56 Å². The van der Waals surface area contributed by atoms with E-state index < -0.39 is 0 Å². The Morgan fingerprint density at radius 2 is 2.21 bits per heavy atom. The van der Waals surface area contributed by atoms with Gasteiger partial charge in [0.2, 0.25) is 0 Å². The Balaban J connectivity index is 1.54. The summed E-state index contributed by atoms with van der Waals surface area (Å²) >= 11 is 0. The number of hydrogen-bond donors (Lipinski definition) is 1. The number of morpholine rings is 1. The molecule has 1 aliphatic rings. The van der Waals surface area contributed by atoms with E-state index in [-0.39, 0.29) is 18.1 Å². The van der Waals surface area contributed by atoms with Gasteiger partial charge in [-0.1, -0.05) is 30.3 Å². The summed E-state index contributed by atoms with van der Waals surface area (Å²) in [6.07, 6.45) is 3.28. The van der Waals surface area contributed by atoms with Gasteiger partial charge in [-0.05, 0) is 12.5 Å². The number of aryl methyl sites for hydroxylation is 1. The Morgan fingerprint density at radius 3 is 2.92 bits per heavy atom. The summed E-state index contributed by atoms with van der Waals surface area (Å²) in [7, 11) is 1.80. The maximum absolute atomic E-state index is 12.3. The van der Waals surface area contributed by atoms with Crippen LogP contribution < -0.4 is 5.32 Å². The minimum absolute atomic E-state index is 0.0110. The van der Waals surface area contributed by atoms with Crippen molar-refractivity contribution in [1.82, 2.24) is 20.0 Å². The molecular formula is C18H24N4O2. The molecule has 3 rings (SSSR count). The summed E-state index contributed by atoms with van der Waals surface area (Å²) < 4.78 is 7.50. The molecule has 6 heteroatoms. The van der Waals surface area contributed by atoms with Crippen molar-refractivity contribution >= 4 is 5.91 Å². The molecule has 2 atom stereocenters. The minimum Gasteiger partial charge on any atom is -0.373 e. The summed E-state index contributed by atoms with van der Waals surface area (Å²) in [6, 6.07) is 10.4. The number of nitrogens with one attached hydrogen (secondary N) is 1. The van der Waals surface area contributed by atoms with E-state index in [1.807, 2.05) is 13.0 Å². The molecule has 1 amide bonds. The van der Waals surface area contributed by atoms with Gasteiger partial charge < -0.3 is 10.1 Å². The Morgan fingerprint density at radius 1 is 1.42 bits per heavy atom. The molecule has 1 saturated heterocycles. The predicted octanol–water partition coefficient (Wildman–Crippen LogP) is 1.44. The second-order valence-corrected chi connectivity index (χ2v) is 6.29. The van der Waals surface area contributed by atoms with Crippen molar-refractivity contribution in [3.8, 4) is 0 Å². The first-order valence-electron chi connectivity index (χ1n) is 8.29. The predicted molar refractivity (Wildman–Crippen MR) is 91.6 cm³/mol. The number of rotatable bonds is 5. The van der Waals surface area contributed by atoms with Gasteiger partial charge in [0, 0.05) is 32.9 Å². The molecule has 0 aliphatic carbocycles. The summed E-state index contributed by atoms with van der Waals surface area (Å²) in [5.74, 6) is -0.112. The standard InChI is InChI=1S/C18H24N4O2/c1-14(20-18(23)16-10-19-21(2)12-16)17-13-22(8-9-24-17)11-15-6-4-3-5-7-15/h3-7,10,12,14,17H,8-9,11,13H2,1-2H3,(H,20,23). The Labute approximate surface area is 142 Å². The van der Waals surface area contributed by atoms with E-state index in [4.69, 9.17) is 4.74 Å². The number of carbonyl (C=O) groups is 1. The van der Waals surface area contributed by atoms with Crippen molar-refractivity contribution in [2.45, 2.75) is 25.6 Å². The average Bonchev–Trinajstić information content (AvgIpc) is 3.03. The van der Waals surface area contributed by atoms with Gasteiger partial charge in [0.1, 0.15) is 0 Å². The number of ether oxygens (including phenoxy) is 1. The van der Waals surface area contributed by atoms with Crippen molar-refractivity contribution in [2.24, 2.45) is 7.05 Å². The zero-order chi connectivity index (χ0) is 16.9. The van der Waals surface area contributed by atoms with E-state index in [0.29, 0.717) is 12.2 Å².